The summed E-state index contributed by atoms with van der Waals surface area (Å²) in [5.41, 5.74) is 9.81. The molecule has 1 aliphatic carbocycles. The summed E-state index contributed by atoms with van der Waals surface area (Å²) in [6.45, 7) is 0. The summed E-state index contributed by atoms with van der Waals surface area (Å²) < 4.78 is 57.8. The van der Waals surface area contributed by atoms with Crippen molar-refractivity contribution in [2.75, 3.05) is 9.80 Å². The lowest BCUT2D eigenvalue weighted by Gasteiger charge is -2.36. The van der Waals surface area contributed by atoms with Gasteiger partial charge in [-0.25, -0.2) is 17.6 Å². The van der Waals surface area contributed by atoms with Crippen LogP contribution in [0, 0.1) is 23.3 Å². The summed E-state index contributed by atoms with van der Waals surface area (Å²) in [7, 11) is 0. The maximum atomic E-state index is 14.5. The van der Waals surface area contributed by atoms with Crippen LogP contribution in [-0.2, 0) is 5.41 Å². The van der Waals surface area contributed by atoms with Crippen molar-refractivity contribution in [1.29, 1.82) is 0 Å². The first-order valence-electron chi connectivity index (χ1n) is 19.3. The first kappa shape index (κ1) is 35.9. The van der Waals surface area contributed by atoms with E-state index in [0.29, 0.717) is 22.7 Å². The quantitative estimate of drug-likeness (QED) is 0.142. The third kappa shape index (κ3) is 6.03. The first-order valence-corrected chi connectivity index (χ1v) is 19.3. The molecule has 6 heteroatoms. The van der Waals surface area contributed by atoms with Gasteiger partial charge < -0.3 is 9.80 Å². The fourth-order valence-electron chi connectivity index (χ4n) is 8.87. The van der Waals surface area contributed by atoms with E-state index in [2.05, 4.69) is 89.8 Å². The number of hydrogen-bond donors (Lipinski definition) is 0. The summed E-state index contributed by atoms with van der Waals surface area (Å²) >= 11 is 0. The molecular weight excluding hydrogens is 741 g/mol. The lowest BCUT2D eigenvalue weighted by molar-refractivity contribution is 0.627. The topological polar surface area (TPSA) is 6.48 Å². The van der Waals surface area contributed by atoms with Crippen LogP contribution in [0.4, 0.5) is 51.7 Å². The van der Waals surface area contributed by atoms with Crippen molar-refractivity contribution in [3.63, 3.8) is 0 Å². The average molecular weight is 775 g/mol. The van der Waals surface area contributed by atoms with Gasteiger partial charge in [0.1, 0.15) is 23.3 Å². The Morgan fingerprint density at radius 3 is 1.17 bits per heavy atom. The van der Waals surface area contributed by atoms with Gasteiger partial charge >= 0.3 is 0 Å². The van der Waals surface area contributed by atoms with E-state index >= 15 is 0 Å². The van der Waals surface area contributed by atoms with Crippen molar-refractivity contribution in [3.8, 4) is 11.1 Å². The maximum Gasteiger partial charge on any atom is 0.123 e. The van der Waals surface area contributed by atoms with Gasteiger partial charge in [0, 0.05) is 33.8 Å². The molecule has 0 bridgehead atoms. The van der Waals surface area contributed by atoms with Crippen LogP contribution >= 0.6 is 0 Å². The summed E-state index contributed by atoms with van der Waals surface area (Å²) in [6.07, 6.45) is 0. The van der Waals surface area contributed by atoms with Crippen molar-refractivity contribution in [2.45, 2.75) is 5.41 Å². The smallest absolute Gasteiger partial charge is 0.123 e. The molecule has 2 nitrogen and oxygen atoms in total. The third-order valence-electron chi connectivity index (χ3n) is 11.4. The van der Waals surface area contributed by atoms with Crippen LogP contribution in [-0.4, -0.2) is 0 Å². The third-order valence-corrected chi connectivity index (χ3v) is 11.4. The van der Waals surface area contributed by atoms with Crippen LogP contribution < -0.4 is 9.80 Å². The molecule has 0 saturated carbocycles. The van der Waals surface area contributed by atoms with E-state index in [-0.39, 0.29) is 23.3 Å². The average Bonchev–Trinajstić information content (AvgIpc) is 3.57. The van der Waals surface area contributed by atoms with Crippen LogP contribution in [0.25, 0.3) is 21.9 Å². The molecule has 0 aliphatic heterocycles. The van der Waals surface area contributed by atoms with E-state index in [4.69, 9.17) is 0 Å². The molecule has 0 atom stereocenters. The lowest BCUT2D eigenvalue weighted by Crippen LogP contribution is -2.29. The zero-order chi connectivity index (χ0) is 40.1. The lowest BCUT2D eigenvalue weighted by atomic mass is 9.67. The summed E-state index contributed by atoms with van der Waals surface area (Å²) in [5.74, 6) is -1.44. The van der Waals surface area contributed by atoms with Gasteiger partial charge in [-0.1, -0.05) is 91.0 Å². The van der Waals surface area contributed by atoms with Crippen LogP contribution in [0.5, 0.6) is 0 Å². The summed E-state index contributed by atoms with van der Waals surface area (Å²) in [6, 6.07) is 63.1. The van der Waals surface area contributed by atoms with Crippen LogP contribution in [0.3, 0.4) is 0 Å². The van der Waals surface area contributed by atoms with Crippen molar-refractivity contribution in [2.24, 2.45) is 0 Å². The molecule has 10 rings (SSSR count). The molecule has 0 saturated heterocycles. The largest absolute Gasteiger partial charge is 0.310 e. The zero-order valence-electron chi connectivity index (χ0n) is 31.5. The minimum absolute atomic E-state index is 0.359. The Kier molecular flexibility index (Phi) is 8.83. The second-order valence-corrected chi connectivity index (χ2v) is 14.7. The number of fused-ring (bicyclic) bond motifs is 5. The number of hydrogen-bond acceptors (Lipinski definition) is 2. The predicted molar refractivity (Wildman–Crippen MR) is 230 cm³/mol. The predicted octanol–water partition coefficient (Wildman–Crippen LogP) is 14.7. The molecule has 0 fully saturated rings. The molecule has 0 radical (unpaired) electrons. The Morgan fingerprint density at radius 1 is 0.322 bits per heavy atom. The molecular formula is C53H34F4N2. The van der Waals surface area contributed by atoms with Gasteiger partial charge in [0.25, 0.3) is 0 Å². The summed E-state index contributed by atoms with van der Waals surface area (Å²) in [4.78, 5) is 4.07. The van der Waals surface area contributed by atoms with Gasteiger partial charge in [-0.15, -0.1) is 0 Å². The number of anilines is 6. The Balaban J connectivity index is 1.32. The van der Waals surface area contributed by atoms with Crippen LogP contribution in [0.15, 0.2) is 206 Å². The second kappa shape index (κ2) is 14.5. The van der Waals surface area contributed by atoms with Gasteiger partial charge in [-0.2, -0.15) is 0 Å². The van der Waals surface area contributed by atoms with E-state index in [1.165, 1.54) is 48.5 Å². The molecule has 9 aromatic carbocycles. The van der Waals surface area contributed by atoms with Gasteiger partial charge in [0.05, 0.1) is 11.1 Å². The zero-order valence-corrected chi connectivity index (χ0v) is 31.5. The minimum Gasteiger partial charge on any atom is -0.310 e. The Hall–Kier alpha value is -7.44. The fourth-order valence-corrected chi connectivity index (χ4v) is 8.87. The highest BCUT2D eigenvalue weighted by Gasteiger charge is 2.48. The van der Waals surface area contributed by atoms with Crippen LogP contribution in [0.2, 0.25) is 0 Å². The molecule has 0 spiro atoms. The molecule has 0 N–H and O–H groups in total. The van der Waals surface area contributed by atoms with Gasteiger partial charge in [-0.05, 0) is 154 Å². The molecule has 0 heterocycles. The van der Waals surface area contributed by atoms with Crippen LogP contribution in [0.1, 0.15) is 22.3 Å². The Morgan fingerprint density at radius 2 is 0.712 bits per heavy atom. The highest BCUT2D eigenvalue weighted by Crippen LogP contribution is 2.60. The maximum absolute atomic E-state index is 14.5. The van der Waals surface area contributed by atoms with E-state index in [0.717, 1.165) is 55.5 Å². The molecule has 59 heavy (non-hydrogen) atoms. The van der Waals surface area contributed by atoms with Crippen molar-refractivity contribution in [3.05, 3.63) is 252 Å². The molecule has 0 unspecified atom stereocenters. The van der Waals surface area contributed by atoms with E-state index in [1.54, 1.807) is 48.5 Å². The van der Waals surface area contributed by atoms with Crippen molar-refractivity contribution >= 4 is 44.9 Å². The molecule has 284 valence electrons. The molecule has 0 aromatic heterocycles. The number of benzene rings is 9. The number of rotatable bonds is 8. The van der Waals surface area contributed by atoms with E-state index in [1.807, 2.05) is 29.2 Å². The monoisotopic (exact) mass is 774 g/mol. The van der Waals surface area contributed by atoms with Gasteiger partial charge in [-0.3, -0.25) is 0 Å². The highest BCUT2D eigenvalue weighted by molar-refractivity contribution is 6.11. The SMILES string of the molecule is Fc1ccc(N(c2ccc(F)cc2)c2ccc3c(c2)C(c2ccccc2)(c2ccccc2)c2cc(N(c4ccc(F)cc4)c4ccc(F)cc4)c4ccccc4c2-3)cc1. The Bertz CT molecular complexity index is 2820. The first-order chi connectivity index (χ1) is 28.9. The molecule has 0 amide bonds. The van der Waals surface area contributed by atoms with E-state index in [9.17, 15) is 17.6 Å². The fraction of sp³-hybridized carbons (Fsp3) is 0.0189. The van der Waals surface area contributed by atoms with Gasteiger partial charge in [0.15, 0.2) is 0 Å². The number of nitrogens with zero attached hydrogens (tertiary/aromatic N) is 2. The highest BCUT2D eigenvalue weighted by atomic mass is 19.1. The Labute approximate surface area is 339 Å². The summed E-state index contributed by atoms with van der Waals surface area (Å²) in [5, 5.41) is 1.96. The van der Waals surface area contributed by atoms with E-state index < -0.39 is 5.41 Å². The van der Waals surface area contributed by atoms with Crippen molar-refractivity contribution < 1.29 is 17.6 Å². The second-order valence-electron chi connectivity index (χ2n) is 14.7. The standard InChI is InChI=1S/C53H34F4N2/c54-37-15-23-41(24-16-37)58(42-25-17-38(55)18-26-42)45-31-32-48-49(33-45)53(35-9-3-1-4-10-35,36-11-5-2-6-12-36)50-34-51(46-13-7-8-14-47(46)52(48)50)59(43-27-19-39(56)20-28-43)44-29-21-40(57)22-30-44/h1-34H. The molecule has 1 aliphatic rings. The van der Waals surface area contributed by atoms with Gasteiger partial charge in [0.2, 0.25) is 0 Å². The minimum atomic E-state index is -0.878. The molecule has 9 aromatic rings. The normalized spacial score (nSPS) is 12.5. The number of halogens is 4. The van der Waals surface area contributed by atoms with Crippen molar-refractivity contribution in [1.82, 2.24) is 0 Å².